The average Bonchev–Trinajstić information content (AvgIpc) is 2.92. The summed E-state index contributed by atoms with van der Waals surface area (Å²) < 4.78 is 5.16. The number of hydrogen-bond donors (Lipinski definition) is 3. The van der Waals surface area contributed by atoms with Gasteiger partial charge in [-0.3, -0.25) is 20.3 Å². The van der Waals surface area contributed by atoms with Crippen LogP contribution < -0.4 is 5.32 Å². The summed E-state index contributed by atoms with van der Waals surface area (Å²) in [5, 5.41) is 19.6. The summed E-state index contributed by atoms with van der Waals surface area (Å²) in [4.78, 5) is 37.6. The number of hydrogen-bond acceptors (Lipinski definition) is 5. The zero-order valence-corrected chi connectivity index (χ0v) is 20.4. The minimum atomic E-state index is -0.789. The summed E-state index contributed by atoms with van der Waals surface area (Å²) in [6.45, 7) is 1.26. The lowest BCUT2D eigenvalue weighted by Gasteiger charge is -2.31. The van der Waals surface area contributed by atoms with E-state index < -0.39 is 12.1 Å². The van der Waals surface area contributed by atoms with Gasteiger partial charge in [0.05, 0.1) is 0 Å². The molecule has 190 valence electrons. The second-order valence-corrected chi connectivity index (χ2v) is 9.05. The lowest BCUT2D eigenvalue weighted by Crippen LogP contribution is -2.38. The predicted molar refractivity (Wildman–Crippen MR) is 139 cm³/mol. The second kappa shape index (κ2) is 12.0. The van der Waals surface area contributed by atoms with Gasteiger partial charge >= 0.3 is 12.1 Å². The van der Waals surface area contributed by atoms with E-state index in [1.165, 1.54) is 0 Å². The van der Waals surface area contributed by atoms with E-state index in [9.17, 15) is 14.4 Å². The van der Waals surface area contributed by atoms with Gasteiger partial charge < -0.3 is 14.7 Å². The van der Waals surface area contributed by atoms with E-state index in [2.05, 4.69) is 5.32 Å². The number of amidine groups is 1. The summed E-state index contributed by atoms with van der Waals surface area (Å²) >= 11 is 0. The van der Waals surface area contributed by atoms with Crippen LogP contribution >= 0.6 is 0 Å². The number of carboxylic acids is 1. The molecular formula is C29H29N3O5. The number of likely N-dealkylation sites (tertiary alicyclic amines) is 1. The van der Waals surface area contributed by atoms with Crippen molar-refractivity contribution in [3.8, 4) is 11.1 Å². The van der Waals surface area contributed by atoms with Gasteiger partial charge in [-0.15, -0.1) is 0 Å². The average molecular weight is 500 g/mol. The van der Waals surface area contributed by atoms with Crippen molar-refractivity contribution >= 4 is 23.8 Å². The molecule has 3 N–H and O–H groups in total. The summed E-state index contributed by atoms with van der Waals surface area (Å²) in [5.74, 6) is -0.765. The highest BCUT2D eigenvalue weighted by molar-refractivity contribution is 6.04. The number of rotatable bonds is 7. The van der Waals surface area contributed by atoms with Gasteiger partial charge in [0.1, 0.15) is 12.4 Å². The molecule has 0 aromatic heterocycles. The molecule has 0 saturated carbocycles. The normalized spacial score (nSPS) is 13.6. The minimum absolute atomic E-state index is 0.0469. The number of carboxylic acid groups (broad SMARTS) is 1. The van der Waals surface area contributed by atoms with Gasteiger partial charge in [0.15, 0.2) is 0 Å². The third-order valence-corrected chi connectivity index (χ3v) is 6.44. The zero-order valence-electron chi connectivity index (χ0n) is 20.4. The Balaban J connectivity index is 1.29. The molecule has 1 aliphatic heterocycles. The van der Waals surface area contributed by atoms with Crippen molar-refractivity contribution in [1.82, 2.24) is 10.2 Å². The molecule has 0 unspecified atom stereocenters. The van der Waals surface area contributed by atoms with Crippen LogP contribution in [0.5, 0.6) is 0 Å². The minimum Gasteiger partial charge on any atom is -0.481 e. The Kier molecular flexibility index (Phi) is 8.30. The van der Waals surface area contributed by atoms with Crippen molar-refractivity contribution in [3.05, 3.63) is 95.6 Å². The largest absolute Gasteiger partial charge is 0.481 e. The molecule has 2 amide bonds. The van der Waals surface area contributed by atoms with E-state index in [-0.39, 0.29) is 30.7 Å². The predicted octanol–water partition coefficient (Wildman–Crippen LogP) is 4.93. The molecule has 0 bridgehead atoms. The molecule has 1 saturated heterocycles. The number of carbonyl (C=O) groups excluding carboxylic acids is 2. The van der Waals surface area contributed by atoms with E-state index in [0.717, 1.165) is 16.7 Å². The number of nitrogens with zero attached hydrogens (tertiary/aromatic N) is 1. The summed E-state index contributed by atoms with van der Waals surface area (Å²) in [6.07, 6.45) is 0.877. The van der Waals surface area contributed by atoms with Crippen LogP contribution in [-0.4, -0.2) is 46.9 Å². The highest BCUT2D eigenvalue weighted by atomic mass is 16.5. The first-order valence-corrected chi connectivity index (χ1v) is 12.2. The number of nitrogens with one attached hydrogen (secondary N) is 2. The first-order chi connectivity index (χ1) is 17.9. The lowest BCUT2D eigenvalue weighted by molar-refractivity contribution is -0.138. The van der Waals surface area contributed by atoms with Gasteiger partial charge in [0.2, 0.25) is 0 Å². The number of piperidine rings is 1. The zero-order chi connectivity index (χ0) is 26.2. The smallest absolute Gasteiger partial charge is 0.413 e. The molecule has 8 heteroatoms. The molecule has 3 aromatic carbocycles. The van der Waals surface area contributed by atoms with E-state index in [0.29, 0.717) is 37.1 Å². The van der Waals surface area contributed by atoms with E-state index >= 15 is 0 Å². The van der Waals surface area contributed by atoms with E-state index in [4.69, 9.17) is 15.3 Å². The maximum absolute atomic E-state index is 12.9. The molecular weight excluding hydrogens is 470 g/mol. The van der Waals surface area contributed by atoms with Crippen LogP contribution in [0.2, 0.25) is 0 Å². The van der Waals surface area contributed by atoms with E-state index in [1.807, 2.05) is 54.6 Å². The summed E-state index contributed by atoms with van der Waals surface area (Å²) in [7, 11) is 0. The number of ether oxygens (including phenoxy) is 1. The molecule has 0 spiro atoms. The van der Waals surface area contributed by atoms with Crippen molar-refractivity contribution in [2.75, 3.05) is 13.1 Å². The maximum Gasteiger partial charge on any atom is 0.413 e. The number of aliphatic carboxylic acids is 1. The van der Waals surface area contributed by atoms with E-state index in [1.54, 1.807) is 29.2 Å². The van der Waals surface area contributed by atoms with Crippen LogP contribution in [0.4, 0.5) is 4.79 Å². The van der Waals surface area contributed by atoms with Gasteiger partial charge in [-0.1, -0.05) is 66.7 Å². The van der Waals surface area contributed by atoms with Gasteiger partial charge in [-0.2, -0.15) is 0 Å². The lowest BCUT2D eigenvalue weighted by atomic mass is 9.93. The first kappa shape index (κ1) is 25.6. The van der Waals surface area contributed by atoms with Crippen molar-refractivity contribution < 1.29 is 24.2 Å². The van der Waals surface area contributed by atoms with Crippen LogP contribution in [0.15, 0.2) is 78.9 Å². The SMILES string of the molecule is N=C(NC(=O)OCc1ccccc1)c1ccc(-c2ccc(C(=O)N3CCC(CC(=O)O)CC3)cc2)cc1. The Bertz CT molecular complexity index is 1250. The van der Waals surface area contributed by atoms with Crippen LogP contribution in [0.25, 0.3) is 11.1 Å². The van der Waals surface area contributed by atoms with Crippen LogP contribution in [-0.2, 0) is 16.1 Å². The van der Waals surface area contributed by atoms with Gasteiger partial charge in [-0.25, -0.2) is 4.79 Å². The molecule has 4 rings (SSSR count). The Hall–Kier alpha value is -4.46. The molecule has 1 aliphatic rings. The Morgan fingerprint density at radius 3 is 2.00 bits per heavy atom. The molecule has 37 heavy (non-hydrogen) atoms. The number of amides is 2. The van der Waals surface area contributed by atoms with Crippen LogP contribution in [0, 0.1) is 11.3 Å². The quantitative estimate of drug-likeness (QED) is 0.314. The van der Waals surface area contributed by atoms with Crippen molar-refractivity contribution in [2.45, 2.75) is 25.9 Å². The molecule has 0 aliphatic carbocycles. The third kappa shape index (κ3) is 7.04. The monoisotopic (exact) mass is 499 g/mol. The van der Waals surface area contributed by atoms with Crippen LogP contribution in [0.3, 0.4) is 0 Å². The van der Waals surface area contributed by atoms with Gasteiger partial charge in [-0.05, 0) is 47.6 Å². The molecule has 0 radical (unpaired) electrons. The van der Waals surface area contributed by atoms with Crippen LogP contribution in [0.1, 0.15) is 40.7 Å². The fourth-order valence-electron chi connectivity index (χ4n) is 4.34. The Morgan fingerprint density at radius 2 is 1.43 bits per heavy atom. The number of carbonyl (C=O) groups is 3. The number of alkyl carbamates (subject to hydrolysis) is 1. The van der Waals surface area contributed by atoms with Crippen molar-refractivity contribution in [2.24, 2.45) is 5.92 Å². The van der Waals surface area contributed by atoms with Crippen molar-refractivity contribution in [3.63, 3.8) is 0 Å². The third-order valence-electron chi connectivity index (χ3n) is 6.44. The number of benzene rings is 3. The maximum atomic E-state index is 12.9. The summed E-state index contributed by atoms with van der Waals surface area (Å²) in [6, 6.07) is 23.9. The first-order valence-electron chi connectivity index (χ1n) is 12.2. The molecule has 3 aromatic rings. The van der Waals surface area contributed by atoms with Gasteiger partial charge in [0.25, 0.3) is 5.91 Å². The molecule has 8 nitrogen and oxygen atoms in total. The molecule has 0 atom stereocenters. The Labute approximate surface area is 215 Å². The standard InChI is InChI=1S/C29H29N3O5/c30-27(31-29(36)37-19-21-4-2-1-3-5-21)24-10-6-22(7-11-24)23-8-12-25(13-9-23)28(35)32-16-14-20(15-17-32)18-26(33)34/h1-13,20H,14-19H2,(H,33,34)(H2,30,31,36). The highest BCUT2D eigenvalue weighted by Gasteiger charge is 2.25. The molecule has 1 fully saturated rings. The topological polar surface area (TPSA) is 120 Å². The fraction of sp³-hybridized carbons (Fsp3) is 0.241. The molecule has 1 heterocycles. The summed E-state index contributed by atoms with van der Waals surface area (Å²) in [5.41, 5.74) is 3.83. The van der Waals surface area contributed by atoms with Crippen molar-refractivity contribution in [1.29, 1.82) is 5.41 Å². The second-order valence-electron chi connectivity index (χ2n) is 9.05. The Morgan fingerprint density at radius 1 is 0.865 bits per heavy atom. The highest BCUT2D eigenvalue weighted by Crippen LogP contribution is 2.24. The van der Waals surface area contributed by atoms with Gasteiger partial charge in [0, 0.05) is 30.6 Å². The fourth-order valence-corrected chi connectivity index (χ4v) is 4.34.